The number of hydrogen-bond acceptors (Lipinski definition) is 1. The lowest BCUT2D eigenvalue weighted by Gasteiger charge is -2.27. The Kier molecular flexibility index (Phi) is 5.10. The van der Waals surface area contributed by atoms with Crippen molar-refractivity contribution in [3.63, 3.8) is 0 Å². The van der Waals surface area contributed by atoms with Gasteiger partial charge in [0.05, 0.1) is 6.10 Å². The number of hydrogen-bond donors (Lipinski definition) is 0. The average molecular weight is 214 g/mol. The van der Waals surface area contributed by atoms with Crippen LogP contribution in [0.5, 0.6) is 0 Å². The van der Waals surface area contributed by atoms with Crippen molar-refractivity contribution in [2.75, 3.05) is 0 Å². The van der Waals surface area contributed by atoms with Crippen LogP contribution in [0.2, 0.25) is 19.6 Å². The maximum Gasteiger partial charge on any atom is 0.184 e. The summed E-state index contributed by atoms with van der Waals surface area (Å²) in [6, 6.07) is 0. The molecule has 84 valence electrons. The van der Waals surface area contributed by atoms with Crippen LogP contribution in [0.4, 0.5) is 0 Å². The average Bonchev–Trinajstić information content (AvgIpc) is 1.94. The van der Waals surface area contributed by atoms with Crippen molar-refractivity contribution in [2.45, 2.75) is 59.4 Å². The lowest BCUT2D eigenvalue weighted by atomic mass is 9.89. The smallest absolute Gasteiger partial charge is 0.184 e. The van der Waals surface area contributed by atoms with Gasteiger partial charge in [-0.1, -0.05) is 26.8 Å². The van der Waals surface area contributed by atoms with Gasteiger partial charge in [0.25, 0.3) is 0 Å². The van der Waals surface area contributed by atoms with Crippen LogP contribution in [0.3, 0.4) is 0 Å². The van der Waals surface area contributed by atoms with Crippen LogP contribution < -0.4 is 0 Å². The van der Waals surface area contributed by atoms with Crippen molar-refractivity contribution < 1.29 is 4.43 Å². The Morgan fingerprint density at radius 1 is 1.29 bits per heavy atom. The van der Waals surface area contributed by atoms with Gasteiger partial charge in [0.2, 0.25) is 0 Å². The lowest BCUT2D eigenvalue weighted by molar-refractivity contribution is 0.204. The quantitative estimate of drug-likeness (QED) is 0.492. The van der Waals surface area contributed by atoms with E-state index in [2.05, 4.69) is 47.0 Å². The van der Waals surface area contributed by atoms with Crippen LogP contribution in [0, 0.1) is 5.41 Å². The van der Waals surface area contributed by atoms with Crippen molar-refractivity contribution in [3.05, 3.63) is 12.7 Å². The fourth-order valence-electron chi connectivity index (χ4n) is 1.25. The van der Waals surface area contributed by atoms with Crippen LogP contribution in [0.25, 0.3) is 0 Å². The molecule has 0 spiro atoms. The second-order valence-electron chi connectivity index (χ2n) is 6.10. The van der Waals surface area contributed by atoms with E-state index in [4.69, 9.17) is 4.43 Å². The summed E-state index contributed by atoms with van der Waals surface area (Å²) in [5.74, 6) is 0. The molecule has 0 radical (unpaired) electrons. The van der Waals surface area contributed by atoms with E-state index in [0.29, 0.717) is 5.41 Å². The van der Waals surface area contributed by atoms with Crippen molar-refractivity contribution in [2.24, 2.45) is 5.41 Å². The normalized spacial score (nSPS) is 15.3. The Morgan fingerprint density at radius 2 is 1.79 bits per heavy atom. The van der Waals surface area contributed by atoms with Crippen LogP contribution in [-0.4, -0.2) is 14.4 Å². The van der Waals surface area contributed by atoms with E-state index in [0.717, 1.165) is 6.42 Å². The molecular weight excluding hydrogens is 188 g/mol. The van der Waals surface area contributed by atoms with Gasteiger partial charge in [0.15, 0.2) is 8.32 Å². The van der Waals surface area contributed by atoms with E-state index in [-0.39, 0.29) is 6.10 Å². The highest BCUT2D eigenvalue weighted by Gasteiger charge is 2.20. The zero-order chi connectivity index (χ0) is 11.4. The van der Waals surface area contributed by atoms with Gasteiger partial charge in [-0.3, -0.25) is 0 Å². The van der Waals surface area contributed by atoms with Gasteiger partial charge in [-0.25, -0.2) is 0 Å². The molecule has 1 unspecified atom stereocenters. The molecule has 0 aromatic carbocycles. The fraction of sp³-hybridized carbons (Fsp3) is 0.833. The third kappa shape index (κ3) is 8.51. The summed E-state index contributed by atoms with van der Waals surface area (Å²) in [4.78, 5) is 0. The van der Waals surface area contributed by atoms with E-state index in [9.17, 15) is 0 Å². The Morgan fingerprint density at radius 3 is 2.07 bits per heavy atom. The summed E-state index contributed by atoms with van der Waals surface area (Å²) in [5, 5.41) is 0. The predicted molar refractivity (Wildman–Crippen MR) is 67.1 cm³/mol. The zero-order valence-electron chi connectivity index (χ0n) is 10.7. The van der Waals surface area contributed by atoms with Crippen LogP contribution in [-0.2, 0) is 4.43 Å². The third-order valence-electron chi connectivity index (χ3n) is 1.95. The van der Waals surface area contributed by atoms with E-state index in [1.807, 2.05) is 6.08 Å². The molecule has 0 aromatic rings. The number of rotatable bonds is 5. The molecule has 0 aliphatic carbocycles. The van der Waals surface area contributed by atoms with Crippen molar-refractivity contribution in [1.82, 2.24) is 0 Å². The predicted octanol–water partition coefficient (Wildman–Crippen LogP) is 4.22. The van der Waals surface area contributed by atoms with E-state index in [1.165, 1.54) is 6.42 Å². The standard InChI is InChI=1S/C12H26OSi/c1-8-11(13-14(5,6)7)9-10-12(2,3)4/h8,11H,1,9-10H2,2-7H3. The first-order valence-corrected chi connectivity index (χ1v) is 8.85. The SMILES string of the molecule is C=CC(CCC(C)(C)C)O[Si](C)(C)C. The van der Waals surface area contributed by atoms with E-state index < -0.39 is 8.32 Å². The molecule has 14 heavy (non-hydrogen) atoms. The fourth-order valence-corrected chi connectivity index (χ4v) is 2.38. The molecule has 0 heterocycles. The summed E-state index contributed by atoms with van der Waals surface area (Å²) in [6.45, 7) is 17.3. The molecule has 0 aliphatic heterocycles. The van der Waals surface area contributed by atoms with Crippen molar-refractivity contribution in [3.8, 4) is 0 Å². The first-order chi connectivity index (χ1) is 6.14. The molecule has 0 aliphatic rings. The topological polar surface area (TPSA) is 9.23 Å². The minimum Gasteiger partial charge on any atom is -0.411 e. The summed E-state index contributed by atoms with van der Waals surface area (Å²) in [5.41, 5.74) is 0.393. The van der Waals surface area contributed by atoms with Gasteiger partial charge in [0.1, 0.15) is 0 Å². The van der Waals surface area contributed by atoms with Gasteiger partial charge in [0, 0.05) is 0 Å². The Labute approximate surface area is 90.7 Å². The summed E-state index contributed by atoms with van der Waals surface area (Å²) in [7, 11) is -1.41. The first-order valence-electron chi connectivity index (χ1n) is 5.44. The molecule has 1 nitrogen and oxygen atoms in total. The zero-order valence-corrected chi connectivity index (χ0v) is 11.7. The second-order valence-corrected chi connectivity index (χ2v) is 10.6. The highest BCUT2D eigenvalue weighted by atomic mass is 28.4. The molecule has 0 saturated carbocycles. The molecule has 1 atom stereocenters. The molecule has 2 heteroatoms. The highest BCUT2D eigenvalue weighted by Crippen LogP contribution is 2.23. The largest absolute Gasteiger partial charge is 0.411 e. The molecule has 0 bridgehead atoms. The van der Waals surface area contributed by atoms with Gasteiger partial charge in [-0.2, -0.15) is 0 Å². The van der Waals surface area contributed by atoms with Crippen LogP contribution in [0.15, 0.2) is 12.7 Å². The maximum absolute atomic E-state index is 6.00. The molecule has 0 fully saturated rings. The summed E-state index contributed by atoms with van der Waals surface area (Å²) < 4.78 is 6.00. The Bertz CT molecular complexity index is 174. The van der Waals surface area contributed by atoms with Crippen LogP contribution >= 0.6 is 0 Å². The Hall–Kier alpha value is -0.0831. The second kappa shape index (κ2) is 5.13. The van der Waals surface area contributed by atoms with Gasteiger partial charge in [-0.15, -0.1) is 6.58 Å². The van der Waals surface area contributed by atoms with E-state index >= 15 is 0 Å². The lowest BCUT2D eigenvalue weighted by Crippen LogP contribution is -2.31. The van der Waals surface area contributed by atoms with Crippen LogP contribution in [0.1, 0.15) is 33.6 Å². The summed E-state index contributed by atoms with van der Waals surface area (Å²) in [6.07, 6.45) is 4.48. The molecular formula is C12H26OSi. The molecule has 0 aromatic heterocycles. The monoisotopic (exact) mass is 214 g/mol. The summed E-state index contributed by atoms with van der Waals surface area (Å²) >= 11 is 0. The van der Waals surface area contributed by atoms with Crippen molar-refractivity contribution >= 4 is 8.32 Å². The minimum absolute atomic E-state index is 0.251. The highest BCUT2D eigenvalue weighted by molar-refractivity contribution is 6.69. The van der Waals surface area contributed by atoms with Gasteiger partial charge < -0.3 is 4.43 Å². The molecule has 0 rings (SSSR count). The molecule has 0 saturated heterocycles. The first kappa shape index (κ1) is 13.9. The Balaban J connectivity index is 3.99. The van der Waals surface area contributed by atoms with Gasteiger partial charge >= 0.3 is 0 Å². The van der Waals surface area contributed by atoms with Gasteiger partial charge in [-0.05, 0) is 37.9 Å². The maximum atomic E-state index is 6.00. The minimum atomic E-state index is -1.41. The molecule has 0 amide bonds. The van der Waals surface area contributed by atoms with Crippen molar-refractivity contribution in [1.29, 1.82) is 0 Å². The van der Waals surface area contributed by atoms with E-state index in [1.54, 1.807) is 0 Å². The third-order valence-corrected chi connectivity index (χ3v) is 2.96. The molecule has 0 N–H and O–H groups in total.